The second kappa shape index (κ2) is 8.86. The van der Waals surface area contributed by atoms with Crippen LogP contribution < -0.4 is 15.1 Å². The Labute approximate surface area is 183 Å². The van der Waals surface area contributed by atoms with Crippen molar-refractivity contribution in [2.75, 3.05) is 29.9 Å². The van der Waals surface area contributed by atoms with Crippen LogP contribution in [0.15, 0.2) is 24.3 Å². The molecule has 1 aromatic carbocycles. The average Bonchev–Trinajstić information content (AvgIpc) is 2.66. The Hall–Kier alpha value is -2.61. The monoisotopic (exact) mass is 431 g/mol. The van der Waals surface area contributed by atoms with Gasteiger partial charge in [-0.2, -0.15) is 0 Å². The first-order chi connectivity index (χ1) is 14.5. The van der Waals surface area contributed by atoms with Crippen LogP contribution in [-0.4, -0.2) is 60.3 Å². The zero-order chi connectivity index (χ0) is 22.8. The summed E-state index contributed by atoms with van der Waals surface area (Å²) in [7, 11) is 1.86. The van der Waals surface area contributed by atoms with Crippen LogP contribution in [0.5, 0.6) is 0 Å². The van der Waals surface area contributed by atoms with E-state index in [0.717, 1.165) is 11.4 Å². The van der Waals surface area contributed by atoms with Crippen molar-refractivity contribution in [3.63, 3.8) is 0 Å². The quantitative estimate of drug-likeness (QED) is 0.543. The highest BCUT2D eigenvalue weighted by atomic mass is 16.6. The number of amides is 2. The Balaban J connectivity index is 1.62. The predicted octanol–water partition coefficient (Wildman–Crippen LogP) is 1.99. The molecule has 1 aromatic rings. The third-order valence-electron chi connectivity index (χ3n) is 5.87. The lowest BCUT2D eigenvalue weighted by molar-refractivity contribution is -0.161. The molecule has 2 aliphatic rings. The van der Waals surface area contributed by atoms with E-state index in [4.69, 9.17) is 4.74 Å². The maximum atomic E-state index is 12.2. The van der Waals surface area contributed by atoms with Gasteiger partial charge in [0, 0.05) is 37.9 Å². The molecule has 1 atom stereocenters. The number of ether oxygens (including phenoxy) is 1. The molecule has 31 heavy (non-hydrogen) atoms. The highest BCUT2D eigenvalue weighted by Gasteiger charge is 2.36. The predicted molar refractivity (Wildman–Crippen MR) is 118 cm³/mol. The molecule has 2 saturated heterocycles. The number of esters is 1. The molecule has 0 bridgehead atoms. The molecule has 0 spiro atoms. The summed E-state index contributed by atoms with van der Waals surface area (Å²) < 4.78 is 5.36. The topological polar surface area (TPSA) is 99.2 Å². The fourth-order valence-corrected chi connectivity index (χ4v) is 4.14. The molecule has 2 amide bonds. The summed E-state index contributed by atoms with van der Waals surface area (Å²) in [6.45, 7) is 6.68. The van der Waals surface area contributed by atoms with Crippen molar-refractivity contribution in [3.8, 4) is 0 Å². The molecule has 8 nitrogen and oxygen atoms in total. The molecular formula is C23H33N3O5. The lowest BCUT2D eigenvalue weighted by Gasteiger charge is -2.39. The van der Waals surface area contributed by atoms with Gasteiger partial charge < -0.3 is 19.6 Å². The van der Waals surface area contributed by atoms with Crippen molar-refractivity contribution in [2.45, 2.75) is 70.1 Å². The minimum Gasteiger partial charge on any atom is -0.460 e. The van der Waals surface area contributed by atoms with Crippen LogP contribution in [0.1, 0.15) is 52.9 Å². The maximum absolute atomic E-state index is 12.2. The molecule has 0 aliphatic carbocycles. The highest BCUT2D eigenvalue weighted by Crippen LogP contribution is 2.32. The number of nitrogens with zero attached hydrogens (tertiary/aromatic N) is 2. The number of hydrogen-bond acceptors (Lipinski definition) is 7. The Morgan fingerprint density at radius 1 is 1.29 bits per heavy atom. The van der Waals surface area contributed by atoms with Gasteiger partial charge in [-0.15, -0.1) is 0 Å². The van der Waals surface area contributed by atoms with Crippen LogP contribution in [0.4, 0.5) is 11.4 Å². The van der Waals surface area contributed by atoms with E-state index >= 15 is 0 Å². The lowest BCUT2D eigenvalue weighted by atomic mass is 9.88. The Kier molecular flexibility index (Phi) is 6.59. The highest BCUT2D eigenvalue weighted by molar-refractivity contribution is 6.01. The van der Waals surface area contributed by atoms with Gasteiger partial charge in [0.05, 0.1) is 12.0 Å². The van der Waals surface area contributed by atoms with E-state index in [1.165, 1.54) is 0 Å². The minimum absolute atomic E-state index is 0.00357. The van der Waals surface area contributed by atoms with Crippen LogP contribution >= 0.6 is 0 Å². The van der Waals surface area contributed by atoms with Gasteiger partial charge in [0.2, 0.25) is 11.8 Å². The molecule has 2 aliphatic heterocycles. The van der Waals surface area contributed by atoms with Crippen LogP contribution in [0.2, 0.25) is 0 Å². The average molecular weight is 432 g/mol. The van der Waals surface area contributed by atoms with Crippen LogP contribution in [0, 0.1) is 0 Å². The van der Waals surface area contributed by atoms with E-state index in [1.54, 1.807) is 0 Å². The smallest absolute Gasteiger partial charge is 0.309 e. The molecule has 1 unspecified atom stereocenters. The van der Waals surface area contributed by atoms with Crippen LogP contribution in [0.25, 0.3) is 0 Å². The summed E-state index contributed by atoms with van der Waals surface area (Å²) in [5, 5.41) is 13.3. The summed E-state index contributed by atoms with van der Waals surface area (Å²) in [4.78, 5) is 39.8. The van der Waals surface area contributed by atoms with E-state index < -0.39 is 11.2 Å². The second-order valence-electron chi connectivity index (χ2n) is 9.57. The summed E-state index contributed by atoms with van der Waals surface area (Å²) in [5.41, 5.74) is 0.265. The molecule has 2 N–H and O–H groups in total. The van der Waals surface area contributed by atoms with Gasteiger partial charge in [-0.05, 0) is 58.2 Å². The summed E-state index contributed by atoms with van der Waals surface area (Å²) in [6, 6.07) is 7.51. The van der Waals surface area contributed by atoms with E-state index in [9.17, 15) is 19.5 Å². The number of aliphatic hydroxyl groups is 1. The maximum Gasteiger partial charge on any atom is 0.309 e. The molecule has 0 radical (unpaired) electrons. The number of carbonyl (C=O) groups is 3. The summed E-state index contributed by atoms with van der Waals surface area (Å²) in [5.74, 6) is -0.874. The van der Waals surface area contributed by atoms with E-state index in [2.05, 4.69) is 10.2 Å². The zero-order valence-electron chi connectivity index (χ0n) is 18.8. The number of anilines is 2. The third kappa shape index (κ3) is 5.97. The fraction of sp³-hybridized carbons (Fsp3) is 0.609. The molecule has 2 heterocycles. The van der Waals surface area contributed by atoms with Gasteiger partial charge in [0.25, 0.3) is 0 Å². The molecule has 3 rings (SSSR count). The number of hydrogen-bond donors (Lipinski definition) is 2. The number of rotatable bonds is 5. The van der Waals surface area contributed by atoms with Crippen molar-refractivity contribution in [3.05, 3.63) is 24.3 Å². The van der Waals surface area contributed by atoms with Gasteiger partial charge in [-0.1, -0.05) is 6.07 Å². The van der Waals surface area contributed by atoms with Gasteiger partial charge in [-0.3, -0.25) is 19.7 Å². The zero-order valence-corrected chi connectivity index (χ0v) is 18.8. The molecular weight excluding hydrogens is 398 g/mol. The number of benzene rings is 1. The van der Waals surface area contributed by atoms with Crippen LogP contribution in [-0.2, 0) is 19.1 Å². The number of likely N-dealkylation sites (N-methyl/N-ethyl adjacent to an activating group) is 1. The Morgan fingerprint density at radius 2 is 1.97 bits per heavy atom. The SMILES string of the molecule is CN(c1cccc(N2CCC(O)(CC(=O)OC(C)(C)C)CC2)c1)C1CCC(=O)NC1=O. The summed E-state index contributed by atoms with van der Waals surface area (Å²) >= 11 is 0. The molecule has 0 saturated carbocycles. The number of nitrogens with one attached hydrogen (secondary N) is 1. The Bertz CT molecular complexity index is 840. The fourth-order valence-electron chi connectivity index (χ4n) is 4.14. The standard InChI is InChI=1S/C23H33N3O5/c1-22(2,3)31-20(28)15-23(30)10-12-26(13-11-23)17-7-5-6-16(14-17)25(4)18-8-9-19(27)24-21(18)29/h5-7,14,18,30H,8-13,15H2,1-4H3,(H,24,27,29). The second-order valence-corrected chi connectivity index (χ2v) is 9.57. The van der Waals surface area contributed by atoms with E-state index in [0.29, 0.717) is 38.8 Å². The minimum atomic E-state index is -1.06. The summed E-state index contributed by atoms with van der Waals surface area (Å²) in [6.07, 6.45) is 1.77. The van der Waals surface area contributed by atoms with E-state index in [-0.39, 0.29) is 30.2 Å². The van der Waals surface area contributed by atoms with Crippen molar-refractivity contribution in [1.29, 1.82) is 0 Å². The van der Waals surface area contributed by atoms with Crippen molar-refractivity contribution in [2.24, 2.45) is 0 Å². The Morgan fingerprint density at radius 3 is 2.58 bits per heavy atom. The van der Waals surface area contributed by atoms with Gasteiger partial charge in [0.1, 0.15) is 11.6 Å². The molecule has 0 aromatic heterocycles. The first-order valence-corrected chi connectivity index (χ1v) is 10.8. The normalized spacial score (nSPS) is 21.5. The number of piperidine rings is 2. The van der Waals surface area contributed by atoms with Gasteiger partial charge >= 0.3 is 5.97 Å². The first kappa shape index (κ1) is 23.1. The third-order valence-corrected chi connectivity index (χ3v) is 5.87. The van der Waals surface area contributed by atoms with Gasteiger partial charge in [-0.25, -0.2) is 0 Å². The number of imide groups is 1. The van der Waals surface area contributed by atoms with Crippen molar-refractivity contribution >= 4 is 29.2 Å². The lowest BCUT2D eigenvalue weighted by Crippen LogP contribution is -2.51. The van der Waals surface area contributed by atoms with Crippen molar-refractivity contribution < 1.29 is 24.2 Å². The van der Waals surface area contributed by atoms with Crippen molar-refractivity contribution in [1.82, 2.24) is 5.32 Å². The molecule has 8 heteroatoms. The number of carbonyl (C=O) groups excluding carboxylic acids is 3. The van der Waals surface area contributed by atoms with E-state index in [1.807, 2.05) is 57.0 Å². The van der Waals surface area contributed by atoms with Gasteiger partial charge in [0.15, 0.2) is 0 Å². The molecule has 170 valence electrons. The molecule has 2 fully saturated rings. The largest absolute Gasteiger partial charge is 0.460 e. The first-order valence-electron chi connectivity index (χ1n) is 10.8. The van der Waals surface area contributed by atoms with Crippen LogP contribution in [0.3, 0.4) is 0 Å².